The van der Waals surface area contributed by atoms with Crippen molar-refractivity contribution in [2.24, 2.45) is 0 Å². The third-order valence-corrected chi connectivity index (χ3v) is 5.68. The van der Waals surface area contributed by atoms with Crippen LogP contribution in [0.3, 0.4) is 0 Å². The predicted molar refractivity (Wildman–Crippen MR) is 96.3 cm³/mol. The number of amides is 1. The standard InChI is InChI=1S/C19H22N2O3S/c22-17(21-9-5-4-8-16(21)19-23-10-11-24-19)12-15-13-25-18(20-15)14-6-2-1-3-7-14/h1-3,6-7,13,16,19H,4-5,8-12H2. The second-order valence-corrected chi connectivity index (χ2v) is 7.31. The van der Waals surface area contributed by atoms with E-state index in [4.69, 9.17) is 9.47 Å². The molecule has 0 bridgehead atoms. The lowest BCUT2D eigenvalue weighted by Crippen LogP contribution is -2.50. The third kappa shape index (κ3) is 3.76. The Kier molecular flexibility index (Phi) is 5.10. The second kappa shape index (κ2) is 7.64. The first-order valence-electron chi connectivity index (χ1n) is 8.84. The van der Waals surface area contributed by atoms with E-state index < -0.39 is 0 Å². The Morgan fingerprint density at radius 1 is 1.20 bits per heavy atom. The van der Waals surface area contributed by atoms with E-state index in [9.17, 15) is 4.79 Å². The van der Waals surface area contributed by atoms with E-state index in [0.29, 0.717) is 19.6 Å². The lowest BCUT2D eigenvalue weighted by Gasteiger charge is -2.38. The topological polar surface area (TPSA) is 51.7 Å². The van der Waals surface area contributed by atoms with Crippen LogP contribution >= 0.6 is 11.3 Å². The van der Waals surface area contributed by atoms with Gasteiger partial charge in [0.1, 0.15) is 5.01 Å². The fourth-order valence-electron chi connectivity index (χ4n) is 3.51. The smallest absolute Gasteiger partial charge is 0.229 e. The SMILES string of the molecule is O=C(Cc1csc(-c2ccccc2)n1)N1CCCCC1C1OCCO1. The Balaban J connectivity index is 1.44. The summed E-state index contributed by atoms with van der Waals surface area (Å²) in [5, 5.41) is 2.95. The van der Waals surface area contributed by atoms with Crippen molar-refractivity contribution in [3.63, 3.8) is 0 Å². The maximum absolute atomic E-state index is 12.9. The first-order valence-corrected chi connectivity index (χ1v) is 9.72. The van der Waals surface area contributed by atoms with Crippen molar-refractivity contribution in [3.05, 3.63) is 41.4 Å². The van der Waals surface area contributed by atoms with Crippen LogP contribution in [0.2, 0.25) is 0 Å². The van der Waals surface area contributed by atoms with Crippen LogP contribution in [0.15, 0.2) is 35.7 Å². The maximum Gasteiger partial charge on any atom is 0.229 e. The zero-order valence-corrected chi connectivity index (χ0v) is 14.9. The van der Waals surface area contributed by atoms with Gasteiger partial charge in [-0.25, -0.2) is 4.98 Å². The number of rotatable bonds is 4. The minimum atomic E-state index is -0.264. The van der Waals surface area contributed by atoms with Gasteiger partial charge in [0.25, 0.3) is 0 Å². The molecule has 2 aliphatic heterocycles. The van der Waals surface area contributed by atoms with E-state index in [0.717, 1.165) is 42.1 Å². The van der Waals surface area contributed by atoms with Crippen molar-refractivity contribution in [1.82, 2.24) is 9.88 Å². The van der Waals surface area contributed by atoms with E-state index >= 15 is 0 Å². The largest absolute Gasteiger partial charge is 0.348 e. The highest BCUT2D eigenvalue weighted by Crippen LogP contribution is 2.27. The van der Waals surface area contributed by atoms with E-state index in [1.165, 1.54) is 0 Å². The molecule has 132 valence electrons. The Labute approximate surface area is 151 Å². The quantitative estimate of drug-likeness (QED) is 0.843. The molecule has 1 unspecified atom stereocenters. The Hall–Kier alpha value is -1.76. The van der Waals surface area contributed by atoms with Gasteiger partial charge in [-0.15, -0.1) is 11.3 Å². The van der Waals surface area contributed by atoms with Crippen molar-refractivity contribution in [2.45, 2.75) is 38.0 Å². The van der Waals surface area contributed by atoms with Gasteiger partial charge in [0.05, 0.1) is 31.4 Å². The minimum Gasteiger partial charge on any atom is -0.348 e. The van der Waals surface area contributed by atoms with Crippen molar-refractivity contribution in [1.29, 1.82) is 0 Å². The van der Waals surface area contributed by atoms with Crippen LogP contribution in [0.25, 0.3) is 10.6 Å². The summed E-state index contributed by atoms with van der Waals surface area (Å²) in [5.74, 6) is 0.119. The summed E-state index contributed by atoms with van der Waals surface area (Å²) in [7, 11) is 0. The first kappa shape index (κ1) is 16.7. The van der Waals surface area contributed by atoms with Gasteiger partial charge in [-0.05, 0) is 19.3 Å². The molecule has 3 heterocycles. The number of carbonyl (C=O) groups excluding carboxylic acids is 1. The van der Waals surface area contributed by atoms with Crippen LogP contribution in [-0.4, -0.2) is 47.9 Å². The van der Waals surface area contributed by atoms with Crippen molar-refractivity contribution >= 4 is 17.2 Å². The molecule has 0 saturated carbocycles. The molecule has 6 heteroatoms. The summed E-state index contributed by atoms with van der Waals surface area (Å²) in [4.78, 5) is 19.5. The molecule has 0 radical (unpaired) electrons. The van der Waals surface area contributed by atoms with Gasteiger partial charge in [-0.1, -0.05) is 30.3 Å². The summed E-state index contributed by atoms with van der Waals surface area (Å²) in [6.45, 7) is 2.02. The number of aromatic nitrogens is 1. The minimum absolute atomic E-state index is 0.0379. The Morgan fingerprint density at radius 2 is 2.00 bits per heavy atom. The molecule has 2 aromatic rings. The molecule has 25 heavy (non-hydrogen) atoms. The van der Waals surface area contributed by atoms with Gasteiger partial charge >= 0.3 is 0 Å². The summed E-state index contributed by atoms with van der Waals surface area (Å²) in [6, 6.07) is 10.1. The van der Waals surface area contributed by atoms with Gasteiger partial charge < -0.3 is 14.4 Å². The van der Waals surface area contributed by atoms with Crippen LogP contribution in [0.5, 0.6) is 0 Å². The van der Waals surface area contributed by atoms with Crippen LogP contribution in [-0.2, 0) is 20.7 Å². The number of hydrogen-bond donors (Lipinski definition) is 0. The molecule has 2 fully saturated rings. The molecule has 1 aromatic carbocycles. The lowest BCUT2D eigenvalue weighted by molar-refractivity contribution is -0.150. The van der Waals surface area contributed by atoms with Gasteiger partial charge in [-0.3, -0.25) is 4.79 Å². The molecule has 4 rings (SSSR count). The zero-order chi connectivity index (χ0) is 17.1. The first-order chi connectivity index (χ1) is 12.3. The van der Waals surface area contributed by atoms with Crippen LogP contribution in [0.4, 0.5) is 0 Å². The third-order valence-electron chi connectivity index (χ3n) is 4.74. The van der Waals surface area contributed by atoms with Crippen molar-refractivity contribution in [3.8, 4) is 10.6 Å². The highest BCUT2D eigenvalue weighted by Gasteiger charge is 2.36. The number of carbonyl (C=O) groups is 1. The number of ether oxygens (including phenoxy) is 2. The number of piperidine rings is 1. The zero-order valence-electron chi connectivity index (χ0n) is 14.1. The molecule has 1 amide bonds. The molecular formula is C19H22N2O3S. The molecule has 0 N–H and O–H groups in total. The van der Waals surface area contributed by atoms with Gasteiger partial charge in [0.2, 0.25) is 5.91 Å². The molecule has 1 aromatic heterocycles. The highest BCUT2D eigenvalue weighted by atomic mass is 32.1. The molecule has 2 saturated heterocycles. The second-order valence-electron chi connectivity index (χ2n) is 6.45. The normalized spacial score (nSPS) is 21.6. The monoisotopic (exact) mass is 358 g/mol. The summed E-state index contributed by atoms with van der Waals surface area (Å²) >= 11 is 1.59. The van der Waals surface area contributed by atoms with Crippen LogP contribution in [0.1, 0.15) is 25.0 Å². The Morgan fingerprint density at radius 3 is 2.80 bits per heavy atom. The fraction of sp³-hybridized carbons (Fsp3) is 0.474. The van der Waals surface area contributed by atoms with E-state index in [1.807, 2.05) is 40.6 Å². The van der Waals surface area contributed by atoms with Crippen LogP contribution in [0, 0.1) is 0 Å². The Bertz CT molecular complexity index is 712. The molecule has 0 spiro atoms. The average Bonchev–Trinajstić information content (AvgIpc) is 3.34. The maximum atomic E-state index is 12.9. The molecule has 1 atom stereocenters. The summed E-state index contributed by atoms with van der Waals surface area (Å²) < 4.78 is 11.3. The van der Waals surface area contributed by atoms with Gasteiger partial charge in [0.15, 0.2) is 6.29 Å². The van der Waals surface area contributed by atoms with E-state index in [2.05, 4.69) is 4.98 Å². The molecule has 5 nitrogen and oxygen atoms in total. The number of nitrogens with zero attached hydrogens (tertiary/aromatic N) is 2. The van der Waals surface area contributed by atoms with E-state index in [-0.39, 0.29) is 18.2 Å². The number of likely N-dealkylation sites (tertiary alicyclic amines) is 1. The highest BCUT2D eigenvalue weighted by molar-refractivity contribution is 7.13. The summed E-state index contributed by atoms with van der Waals surface area (Å²) in [5.41, 5.74) is 1.93. The lowest BCUT2D eigenvalue weighted by atomic mass is 10.0. The average molecular weight is 358 g/mol. The molecule has 2 aliphatic rings. The fourth-order valence-corrected chi connectivity index (χ4v) is 4.33. The molecule has 0 aliphatic carbocycles. The van der Waals surface area contributed by atoms with Crippen LogP contribution < -0.4 is 0 Å². The van der Waals surface area contributed by atoms with Crippen molar-refractivity contribution in [2.75, 3.05) is 19.8 Å². The van der Waals surface area contributed by atoms with E-state index in [1.54, 1.807) is 11.3 Å². The number of hydrogen-bond acceptors (Lipinski definition) is 5. The summed E-state index contributed by atoms with van der Waals surface area (Å²) in [6.07, 6.45) is 3.18. The molecular weight excluding hydrogens is 336 g/mol. The van der Waals surface area contributed by atoms with Crippen molar-refractivity contribution < 1.29 is 14.3 Å². The number of thiazole rings is 1. The predicted octanol–water partition coefficient (Wildman–Crippen LogP) is 3.11. The van der Waals surface area contributed by atoms with Gasteiger partial charge in [-0.2, -0.15) is 0 Å². The number of benzene rings is 1. The van der Waals surface area contributed by atoms with Gasteiger partial charge in [0, 0.05) is 17.5 Å².